The normalized spacial score (nSPS) is 17.4. The van der Waals surface area contributed by atoms with E-state index in [0.717, 1.165) is 31.6 Å². The molecule has 1 fully saturated rings. The largest absolute Gasteiger partial charge is 0.460 e. The highest BCUT2D eigenvalue weighted by molar-refractivity contribution is 7.09. The summed E-state index contributed by atoms with van der Waals surface area (Å²) in [7, 11) is 0. The SMILES string of the molecule is CC(C)(C)OC(=O)Cc1csc(C2CCNCC2)n1. The number of hydrogen-bond acceptors (Lipinski definition) is 5. The molecule has 2 heterocycles. The Kier molecular flexibility index (Phi) is 4.58. The van der Waals surface area contributed by atoms with Crippen LogP contribution in [-0.2, 0) is 16.0 Å². The number of carbonyl (C=O) groups excluding carboxylic acids is 1. The maximum atomic E-state index is 11.7. The van der Waals surface area contributed by atoms with Crippen molar-refractivity contribution in [1.82, 2.24) is 10.3 Å². The first-order valence-corrected chi connectivity index (χ1v) is 7.69. The number of carbonyl (C=O) groups is 1. The molecule has 2 rings (SSSR count). The molecule has 0 radical (unpaired) electrons. The third-order valence-electron chi connectivity index (χ3n) is 3.00. The maximum absolute atomic E-state index is 11.7. The molecular weight excluding hydrogens is 260 g/mol. The Bertz CT molecular complexity index is 431. The van der Waals surface area contributed by atoms with Crippen molar-refractivity contribution in [2.75, 3.05) is 13.1 Å². The van der Waals surface area contributed by atoms with Crippen molar-refractivity contribution in [3.05, 3.63) is 16.1 Å². The summed E-state index contributed by atoms with van der Waals surface area (Å²) in [6, 6.07) is 0. The van der Waals surface area contributed by atoms with Gasteiger partial charge in [0.25, 0.3) is 0 Å². The van der Waals surface area contributed by atoms with Crippen molar-refractivity contribution in [3.63, 3.8) is 0 Å². The number of nitrogens with zero attached hydrogens (tertiary/aromatic N) is 1. The molecule has 5 heteroatoms. The summed E-state index contributed by atoms with van der Waals surface area (Å²) < 4.78 is 5.31. The third-order valence-corrected chi connectivity index (χ3v) is 4.06. The number of nitrogens with one attached hydrogen (secondary N) is 1. The van der Waals surface area contributed by atoms with Crippen molar-refractivity contribution in [2.45, 2.75) is 51.6 Å². The molecule has 0 aliphatic carbocycles. The average molecular weight is 282 g/mol. The van der Waals surface area contributed by atoms with Gasteiger partial charge in [-0.25, -0.2) is 4.98 Å². The van der Waals surface area contributed by atoms with Crippen LogP contribution in [0.5, 0.6) is 0 Å². The lowest BCUT2D eigenvalue weighted by molar-refractivity contribution is -0.153. The van der Waals surface area contributed by atoms with Gasteiger partial charge in [-0.2, -0.15) is 0 Å². The molecule has 0 aromatic carbocycles. The van der Waals surface area contributed by atoms with E-state index in [-0.39, 0.29) is 12.4 Å². The molecule has 1 aromatic heterocycles. The molecule has 1 saturated heterocycles. The number of thiazole rings is 1. The van der Waals surface area contributed by atoms with Crippen LogP contribution in [0, 0.1) is 0 Å². The van der Waals surface area contributed by atoms with Gasteiger partial charge in [0.1, 0.15) is 5.60 Å². The summed E-state index contributed by atoms with van der Waals surface area (Å²) in [4.78, 5) is 16.3. The van der Waals surface area contributed by atoms with Gasteiger partial charge < -0.3 is 10.1 Å². The molecular formula is C14H22N2O2S. The lowest BCUT2D eigenvalue weighted by Crippen LogP contribution is -2.26. The van der Waals surface area contributed by atoms with Crippen molar-refractivity contribution in [3.8, 4) is 0 Å². The van der Waals surface area contributed by atoms with E-state index in [0.29, 0.717) is 5.92 Å². The molecule has 4 nitrogen and oxygen atoms in total. The van der Waals surface area contributed by atoms with E-state index in [1.54, 1.807) is 11.3 Å². The minimum absolute atomic E-state index is 0.199. The second kappa shape index (κ2) is 6.01. The average Bonchev–Trinajstić information content (AvgIpc) is 2.76. The van der Waals surface area contributed by atoms with Gasteiger partial charge >= 0.3 is 5.97 Å². The van der Waals surface area contributed by atoms with E-state index in [1.807, 2.05) is 26.2 Å². The fourth-order valence-corrected chi connectivity index (χ4v) is 3.18. The zero-order valence-corrected chi connectivity index (χ0v) is 12.7. The van der Waals surface area contributed by atoms with Crippen LogP contribution < -0.4 is 5.32 Å². The summed E-state index contributed by atoms with van der Waals surface area (Å²) in [5.41, 5.74) is 0.415. The van der Waals surface area contributed by atoms with E-state index >= 15 is 0 Å². The van der Waals surface area contributed by atoms with Crippen LogP contribution in [-0.4, -0.2) is 29.6 Å². The number of hydrogen-bond donors (Lipinski definition) is 1. The molecule has 0 atom stereocenters. The zero-order valence-electron chi connectivity index (χ0n) is 11.9. The molecule has 0 bridgehead atoms. The Morgan fingerprint density at radius 3 is 2.79 bits per heavy atom. The fraction of sp³-hybridized carbons (Fsp3) is 0.714. The Labute approximate surface area is 118 Å². The van der Waals surface area contributed by atoms with Crippen LogP contribution in [0.4, 0.5) is 0 Å². The molecule has 1 aromatic rings. The van der Waals surface area contributed by atoms with Gasteiger partial charge in [0.2, 0.25) is 0 Å². The topological polar surface area (TPSA) is 51.2 Å². The predicted molar refractivity (Wildman–Crippen MR) is 76.5 cm³/mol. The lowest BCUT2D eigenvalue weighted by Gasteiger charge is -2.20. The van der Waals surface area contributed by atoms with E-state index in [2.05, 4.69) is 10.3 Å². The number of ether oxygens (including phenoxy) is 1. The van der Waals surface area contributed by atoms with Gasteiger partial charge in [-0.1, -0.05) is 0 Å². The highest BCUT2D eigenvalue weighted by Crippen LogP contribution is 2.28. The second-order valence-corrected chi connectivity index (χ2v) is 6.85. The Morgan fingerprint density at radius 1 is 1.47 bits per heavy atom. The molecule has 1 N–H and O–H groups in total. The van der Waals surface area contributed by atoms with Gasteiger partial charge in [0.15, 0.2) is 0 Å². The van der Waals surface area contributed by atoms with Crippen LogP contribution in [0.15, 0.2) is 5.38 Å². The molecule has 106 valence electrons. The van der Waals surface area contributed by atoms with Crippen molar-refractivity contribution in [2.24, 2.45) is 0 Å². The van der Waals surface area contributed by atoms with E-state index in [9.17, 15) is 4.79 Å². The monoisotopic (exact) mass is 282 g/mol. The number of esters is 1. The smallest absolute Gasteiger partial charge is 0.312 e. The maximum Gasteiger partial charge on any atom is 0.312 e. The van der Waals surface area contributed by atoms with Gasteiger partial charge in [0.05, 0.1) is 17.1 Å². The Morgan fingerprint density at radius 2 is 2.16 bits per heavy atom. The second-order valence-electron chi connectivity index (χ2n) is 5.96. The summed E-state index contributed by atoms with van der Waals surface area (Å²) in [5.74, 6) is 0.355. The lowest BCUT2D eigenvalue weighted by atomic mass is 9.99. The number of rotatable bonds is 3. The van der Waals surface area contributed by atoms with Crippen LogP contribution in [0.1, 0.15) is 50.2 Å². The van der Waals surface area contributed by atoms with Gasteiger partial charge in [0, 0.05) is 11.3 Å². The highest BCUT2D eigenvalue weighted by atomic mass is 32.1. The van der Waals surface area contributed by atoms with Crippen LogP contribution in [0.25, 0.3) is 0 Å². The standard InChI is InChI=1S/C14H22N2O2S/c1-14(2,3)18-12(17)8-11-9-19-13(16-11)10-4-6-15-7-5-10/h9-10,15H,4-8H2,1-3H3. The van der Waals surface area contributed by atoms with E-state index < -0.39 is 5.60 Å². The molecule has 0 spiro atoms. The van der Waals surface area contributed by atoms with Crippen LogP contribution in [0.3, 0.4) is 0 Å². The van der Waals surface area contributed by atoms with Crippen molar-refractivity contribution >= 4 is 17.3 Å². The zero-order chi connectivity index (χ0) is 13.9. The predicted octanol–water partition coefficient (Wildman–Crippen LogP) is 2.49. The summed E-state index contributed by atoms with van der Waals surface area (Å²) in [6.45, 7) is 7.77. The molecule has 0 amide bonds. The van der Waals surface area contributed by atoms with Crippen molar-refractivity contribution < 1.29 is 9.53 Å². The minimum Gasteiger partial charge on any atom is -0.460 e. The van der Waals surface area contributed by atoms with Gasteiger partial charge in [-0.3, -0.25) is 4.79 Å². The molecule has 19 heavy (non-hydrogen) atoms. The molecule has 1 aliphatic heterocycles. The van der Waals surface area contributed by atoms with E-state index in [4.69, 9.17) is 4.74 Å². The van der Waals surface area contributed by atoms with Crippen molar-refractivity contribution in [1.29, 1.82) is 0 Å². The van der Waals surface area contributed by atoms with Gasteiger partial charge in [-0.05, 0) is 46.7 Å². The number of aromatic nitrogens is 1. The Balaban J connectivity index is 1.91. The van der Waals surface area contributed by atoms with E-state index in [1.165, 1.54) is 5.01 Å². The molecule has 0 unspecified atom stereocenters. The third kappa shape index (κ3) is 4.58. The highest BCUT2D eigenvalue weighted by Gasteiger charge is 2.21. The minimum atomic E-state index is -0.426. The first kappa shape index (κ1) is 14.5. The van der Waals surface area contributed by atoms with Gasteiger partial charge in [-0.15, -0.1) is 11.3 Å². The summed E-state index contributed by atoms with van der Waals surface area (Å²) >= 11 is 1.67. The quantitative estimate of drug-likeness (QED) is 0.865. The Hall–Kier alpha value is -0.940. The fourth-order valence-electron chi connectivity index (χ4n) is 2.19. The first-order valence-electron chi connectivity index (χ1n) is 6.81. The number of piperidine rings is 1. The molecule has 0 saturated carbocycles. The summed E-state index contributed by atoms with van der Waals surface area (Å²) in [5, 5.41) is 6.51. The van der Waals surface area contributed by atoms with Crippen LogP contribution >= 0.6 is 11.3 Å². The first-order chi connectivity index (χ1) is 8.94. The van der Waals surface area contributed by atoms with Crippen LogP contribution in [0.2, 0.25) is 0 Å². The summed E-state index contributed by atoms with van der Waals surface area (Å²) in [6.07, 6.45) is 2.55. The molecule has 1 aliphatic rings.